The van der Waals surface area contributed by atoms with Crippen LogP contribution in [-0.4, -0.2) is 16.5 Å². The van der Waals surface area contributed by atoms with Crippen LogP contribution in [-0.2, 0) is 6.42 Å². The lowest BCUT2D eigenvalue weighted by atomic mass is 9.91. The number of rotatable bonds is 4. The summed E-state index contributed by atoms with van der Waals surface area (Å²) >= 11 is 7.92. The van der Waals surface area contributed by atoms with Gasteiger partial charge in [0, 0.05) is 10.8 Å². The summed E-state index contributed by atoms with van der Waals surface area (Å²) in [6, 6.07) is 5.03. The second-order valence-corrected chi connectivity index (χ2v) is 6.91. The molecular weight excluding hydrogens is 271 g/mol. The molecule has 1 aromatic rings. The smallest absolute Gasteiger partial charge is 0.142 e. The van der Waals surface area contributed by atoms with Crippen molar-refractivity contribution in [3.05, 3.63) is 34.6 Å². The molecule has 1 heterocycles. The molecular formula is C13H18ClFN2S. The molecule has 0 radical (unpaired) electrons. The van der Waals surface area contributed by atoms with Crippen LogP contribution in [0.4, 0.5) is 4.39 Å². The second-order valence-electron chi connectivity index (χ2n) is 4.90. The maximum atomic E-state index is 13.4. The Morgan fingerprint density at radius 1 is 1.61 bits per heavy atom. The lowest BCUT2D eigenvalue weighted by Gasteiger charge is -2.33. The third kappa shape index (κ3) is 2.82. The average Bonchev–Trinajstić information content (AvgIpc) is 2.79. The van der Waals surface area contributed by atoms with Crippen molar-refractivity contribution < 1.29 is 4.39 Å². The van der Waals surface area contributed by atoms with Crippen molar-refractivity contribution in [3.63, 3.8) is 0 Å². The van der Waals surface area contributed by atoms with Crippen LogP contribution in [0.25, 0.3) is 0 Å². The van der Waals surface area contributed by atoms with E-state index in [9.17, 15) is 4.39 Å². The Kier molecular flexibility index (Phi) is 4.54. The zero-order valence-corrected chi connectivity index (χ0v) is 12.0. The fourth-order valence-corrected chi connectivity index (χ4v) is 4.05. The van der Waals surface area contributed by atoms with Crippen LogP contribution in [0.5, 0.6) is 0 Å². The fraction of sp³-hybridized carbons (Fsp3) is 0.538. The molecule has 1 aliphatic rings. The predicted molar refractivity (Wildman–Crippen MR) is 76.3 cm³/mol. The van der Waals surface area contributed by atoms with Crippen molar-refractivity contribution in [3.8, 4) is 0 Å². The van der Waals surface area contributed by atoms with Gasteiger partial charge in [-0.05, 0) is 43.6 Å². The molecule has 5 heteroatoms. The van der Waals surface area contributed by atoms with Crippen molar-refractivity contribution >= 4 is 23.4 Å². The first-order valence-electron chi connectivity index (χ1n) is 6.10. The Bertz CT molecular complexity index is 421. The Balaban J connectivity index is 2.17. The van der Waals surface area contributed by atoms with Crippen molar-refractivity contribution in [2.45, 2.75) is 37.0 Å². The molecule has 2 nitrogen and oxygen atoms in total. The van der Waals surface area contributed by atoms with Gasteiger partial charge in [0.05, 0.1) is 5.02 Å². The summed E-state index contributed by atoms with van der Waals surface area (Å²) in [5.41, 5.74) is 3.69. The van der Waals surface area contributed by atoms with Gasteiger partial charge in [0.1, 0.15) is 5.82 Å². The molecule has 0 spiro atoms. The van der Waals surface area contributed by atoms with Crippen LogP contribution in [0.15, 0.2) is 18.2 Å². The van der Waals surface area contributed by atoms with Gasteiger partial charge >= 0.3 is 0 Å². The molecule has 0 aromatic heterocycles. The summed E-state index contributed by atoms with van der Waals surface area (Å²) in [6.45, 7) is 2.21. The van der Waals surface area contributed by atoms with Crippen LogP contribution < -0.4 is 11.3 Å². The Morgan fingerprint density at radius 3 is 3.00 bits per heavy atom. The zero-order valence-electron chi connectivity index (χ0n) is 10.4. The third-order valence-electron chi connectivity index (χ3n) is 3.64. The van der Waals surface area contributed by atoms with E-state index in [-0.39, 0.29) is 21.6 Å². The van der Waals surface area contributed by atoms with Gasteiger partial charge < -0.3 is 0 Å². The molecule has 1 aromatic carbocycles. The summed E-state index contributed by atoms with van der Waals surface area (Å²) in [5.74, 6) is 6.47. The lowest BCUT2D eigenvalue weighted by molar-refractivity contribution is 0.405. The number of nitrogens with two attached hydrogens (primary N) is 1. The molecule has 2 unspecified atom stereocenters. The Hall–Kier alpha value is -0.290. The van der Waals surface area contributed by atoms with Gasteiger partial charge in [-0.15, -0.1) is 0 Å². The number of nitrogens with one attached hydrogen (secondary N) is 1. The molecule has 3 N–H and O–H groups in total. The van der Waals surface area contributed by atoms with Gasteiger partial charge in [-0.1, -0.05) is 23.7 Å². The zero-order chi connectivity index (χ0) is 13.2. The molecule has 2 atom stereocenters. The first kappa shape index (κ1) is 14.1. The van der Waals surface area contributed by atoms with E-state index in [1.54, 1.807) is 6.07 Å². The fourth-order valence-electron chi connectivity index (χ4n) is 2.45. The first-order chi connectivity index (χ1) is 8.57. The largest absolute Gasteiger partial charge is 0.271 e. The van der Waals surface area contributed by atoms with Gasteiger partial charge in [-0.25, -0.2) is 4.39 Å². The summed E-state index contributed by atoms with van der Waals surface area (Å²) in [7, 11) is 0. The summed E-state index contributed by atoms with van der Waals surface area (Å²) < 4.78 is 13.5. The monoisotopic (exact) mass is 288 g/mol. The average molecular weight is 289 g/mol. The predicted octanol–water partition coefficient (Wildman–Crippen LogP) is 3.14. The Morgan fingerprint density at radius 2 is 2.39 bits per heavy atom. The molecule has 1 aliphatic heterocycles. The van der Waals surface area contributed by atoms with Crippen LogP contribution >= 0.6 is 23.4 Å². The molecule has 18 heavy (non-hydrogen) atoms. The molecule has 2 rings (SSSR count). The van der Waals surface area contributed by atoms with E-state index in [4.69, 9.17) is 17.4 Å². The van der Waals surface area contributed by atoms with Crippen LogP contribution in [0.3, 0.4) is 0 Å². The highest BCUT2D eigenvalue weighted by Crippen LogP contribution is 2.41. The number of thioether (sulfide) groups is 1. The van der Waals surface area contributed by atoms with E-state index in [1.807, 2.05) is 17.8 Å². The van der Waals surface area contributed by atoms with Crippen LogP contribution in [0.1, 0.15) is 25.3 Å². The highest BCUT2D eigenvalue weighted by Gasteiger charge is 2.37. The highest BCUT2D eigenvalue weighted by molar-refractivity contribution is 8.00. The second kappa shape index (κ2) is 5.78. The number of benzene rings is 1. The highest BCUT2D eigenvalue weighted by atomic mass is 35.5. The lowest BCUT2D eigenvalue weighted by Crippen LogP contribution is -2.50. The third-order valence-corrected chi connectivity index (χ3v) is 5.71. The van der Waals surface area contributed by atoms with E-state index >= 15 is 0 Å². The maximum Gasteiger partial charge on any atom is 0.142 e. The SMILES string of the molecule is CC1(C(Cc2cccc(F)c2Cl)NN)CCCS1. The van der Waals surface area contributed by atoms with Crippen LogP contribution in [0.2, 0.25) is 5.02 Å². The van der Waals surface area contributed by atoms with Gasteiger partial charge in [0.15, 0.2) is 0 Å². The molecule has 100 valence electrons. The molecule has 1 fully saturated rings. The summed E-state index contributed by atoms with van der Waals surface area (Å²) in [6.07, 6.45) is 2.98. The van der Waals surface area contributed by atoms with Crippen molar-refractivity contribution in [1.29, 1.82) is 0 Å². The molecule has 0 bridgehead atoms. The van der Waals surface area contributed by atoms with E-state index < -0.39 is 0 Å². The van der Waals surface area contributed by atoms with Gasteiger partial charge in [0.2, 0.25) is 0 Å². The molecule has 0 saturated carbocycles. The molecule has 0 aliphatic carbocycles. The number of halogens is 2. The first-order valence-corrected chi connectivity index (χ1v) is 7.46. The van der Waals surface area contributed by atoms with Crippen molar-refractivity contribution in [2.24, 2.45) is 5.84 Å². The topological polar surface area (TPSA) is 38.0 Å². The minimum absolute atomic E-state index is 0.101. The van der Waals surface area contributed by atoms with Gasteiger partial charge in [-0.3, -0.25) is 11.3 Å². The van der Waals surface area contributed by atoms with Crippen LogP contribution in [0, 0.1) is 5.82 Å². The number of hydrazine groups is 1. The normalized spacial score (nSPS) is 25.3. The summed E-state index contributed by atoms with van der Waals surface area (Å²) in [4.78, 5) is 0. The van der Waals surface area contributed by atoms with Gasteiger partial charge in [-0.2, -0.15) is 11.8 Å². The van der Waals surface area contributed by atoms with E-state index in [1.165, 1.54) is 12.5 Å². The van der Waals surface area contributed by atoms with Crippen molar-refractivity contribution in [2.75, 3.05) is 5.75 Å². The van der Waals surface area contributed by atoms with Gasteiger partial charge in [0.25, 0.3) is 0 Å². The standard InChI is InChI=1S/C13H18ClFN2S/c1-13(6-3-7-18-13)11(17-16)8-9-4-2-5-10(15)12(9)14/h2,4-5,11,17H,3,6-8,16H2,1H3. The van der Waals surface area contributed by atoms with E-state index in [0.29, 0.717) is 6.42 Å². The number of hydrogen-bond donors (Lipinski definition) is 2. The summed E-state index contributed by atoms with van der Waals surface area (Å²) in [5, 5.41) is 0.212. The maximum absolute atomic E-state index is 13.4. The van der Waals surface area contributed by atoms with Crippen molar-refractivity contribution in [1.82, 2.24) is 5.43 Å². The van der Waals surface area contributed by atoms with E-state index in [2.05, 4.69) is 12.3 Å². The van der Waals surface area contributed by atoms with E-state index in [0.717, 1.165) is 17.7 Å². The molecule has 1 saturated heterocycles. The number of hydrogen-bond acceptors (Lipinski definition) is 3. The minimum atomic E-state index is -0.367. The quantitative estimate of drug-likeness (QED) is 0.660. The minimum Gasteiger partial charge on any atom is -0.271 e. The Labute approximate surface area is 116 Å². The molecule has 0 amide bonds.